The summed E-state index contributed by atoms with van der Waals surface area (Å²) in [7, 11) is 0. The minimum Gasteiger partial charge on any atom is -0.351 e. The smallest absolute Gasteiger partial charge is 0.149 e. The molecule has 0 N–H and O–H groups in total. The number of rotatable bonds is 2. The number of aromatic nitrogens is 2. The Bertz CT molecular complexity index is 595. The molecule has 1 aromatic heterocycles. The first kappa shape index (κ1) is 12.2. The van der Waals surface area contributed by atoms with E-state index in [9.17, 15) is 0 Å². The molecule has 0 aliphatic carbocycles. The zero-order valence-electron chi connectivity index (χ0n) is 10.5. The van der Waals surface area contributed by atoms with Gasteiger partial charge in [-0.1, -0.05) is 48.0 Å². The second-order valence-corrected chi connectivity index (χ2v) is 4.88. The molecule has 1 aliphatic rings. The molecule has 1 aliphatic heterocycles. The maximum absolute atomic E-state index is 5.87. The lowest BCUT2D eigenvalue weighted by Gasteiger charge is -2.27. The first-order valence-electron chi connectivity index (χ1n) is 6.30. The zero-order chi connectivity index (χ0) is 13.1. The summed E-state index contributed by atoms with van der Waals surface area (Å²) in [5, 5.41) is 0.440. The van der Waals surface area contributed by atoms with E-state index in [-0.39, 0.29) is 0 Å². The summed E-state index contributed by atoms with van der Waals surface area (Å²) < 4.78 is 0. The Morgan fingerprint density at radius 1 is 1.11 bits per heavy atom. The van der Waals surface area contributed by atoms with Gasteiger partial charge in [0.2, 0.25) is 0 Å². The van der Waals surface area contributed by atoms with Gasteiger partial charge >= 0.3 is 0 Å². The number of halogens is 1. The molecule has 19 heavy (non-hydrogen) atoms. The molecule has 3 rings (SSSR count). The summed E-state index contributed by atoms with van der Waals surface area (Å²) in [4.78, 5) is 10.6. The number of hydrogen-bond acceptors (Lipinski definition) is 3. The van der Waals surface area contributed by atoms with Crippen molar-refractivity contribution in [3.63, 3.8) is 0 Å². The summed E-state index contributed by atoms with van der Waals surface area (Å²) in [6, 6.07) is 10.5. The fraction of sp³-hybridized carbons (Fsp3) is 0.200. The van der Waals surface area contributed by atoms with E-state index < -0.39 is 0 Å². The van der Waals surface area contributed by atoms with E-state index >= 15 is 0 Å². The fourth-order valence-electron chi connectivity index (χ4n) is 2.28. The molecule has 0 amide bonds. The van der Waals surface area contributed by atoms with Crippen LogP contribution in [0.25, 0.3) is 5.57 Å². The molecule has 2 heterocycles. The normalized spacial score (nSPS) is 15.2. The molecular formula is C15H14ClN3. The van der Waals surface area contributed by atoms with Gasteiger partial charge in [0.25, 0.3) is 0 Å². The van der Waals surface area contributed by atoms with Crippen LogP contribution in [0.2, 0.25) is 5.15 Å². The van der Waals surface area contributed by atoms with Crippen molar-refractivity contribution >= 4 is 23.0 Å². The van der Waals surface area contributed by atoms with E-state index in [0.717, 1.165) is 25.3 Å². The average molecular weight is 272 g/mol. The standard InChI is InChI=1S/C15H14ClN3/c16-14-10-17-11-15(18-14)19-8-6-13(7-9-19)12-4-2-1-3-5-12/h1-6,10-11H,7-9H2. The molecule has 0 saturated heterocycles. The van der Waals surface area contributed by atoms with Gasteiger partial charge in [0.1, 0.15) is 11.0 Å². The molecule has 0 bridgehead atoms. The van der Waals surface area contributed by atoms with Crippen molar-refractivity contribution in [1.82, 2.24) is 9.97 Å². The zero-order valence-corrected chi connectivity index (χ0v) is 11.2. The van der Waals surface area contributed by atoms with Crippen LogP contribution in [0.4, 0.5) is 5.82 Å². The highest BCUT2D eigenvalue weighted by Gasteiger charge is 2.14. The third-order valence-corrected chi connectivity index (χ3v) is 3.45. The quantitative estimate of drug-likeness (QED) is 0.838. The number of nitrogens with zero attached hydrogens (tertiary/aromatic N) is 3. The van der Waals surface area contributed by atoms with Crippen molar-refractivity contribution < 1.29 is 0 Å². The van der Waals surface area contributed by atoms with Crippen molar-refractivity contribution in [2.45, 2.75) is 6.42 Å². The SMILES string of the molecule is Clc1cncc(N2CC=C(c3ccccc3)CC2)n1. The van der Waals surface area contributed by atoms with Crippen LogP contribution in [0.15, 0.2) is 48.8 Å². The summed E-state index contributed by atoms with van der Waals surface area (Å²) in [5.74, 6) is 0.843. The third kappa shape index (κ3) is 2.76. The van der Waals surface area contributed by atoms with E-state index in [0.29, 0.717) is 5.15 Å². The Labute approximate surface area is 117 Å². The molecular weight excluding hydrogens is 258 g/mol. The second-order valence-electron chi connectivity index (χ2n) is 4.49. The molecule has 0 spiro atoms. The van der Waals surface area contributed by atoms with Gasteiger partial charge in [-0.3, -0.25) is 4.98 Å². The van der Waals surface area contributed by atoms with Crippen molar-refractivity contribution in [2.75, 3.05) is 18.0 Å². The van der Waals surface area contributed by atoms with Gasteiger partial charge in [-0.05, 0) is 17.6 Å². The average Bonchev–Trinajstić information content (AvgIpc) is 2.48. The second kappa shape index (κ2) is 5.41. The number of hydrogen-bond donors (Lipinski definition) is 0. The van der Waals surface area contributed by atoms with Crippen molar-refractivity contribution in [1.29, 1.82) is 0 Å². The highest BCUT2D eigenvalue weighted by molar-refractivity contribution is 6.29. The van der Waals surface area contributed by atoms with Gasteiger partial charge in [-0.15, -0.1) is 0 Å². The number of benzene rings is 1. The Kier molecular flexibility index (Phi) is 3.47. The lowest BCUT2D eigenvalue weighted by Crippen LogP contribution is -2.29. The summed E-state index contributed by atoms with van der Waals surface area (Å²) in [5.41, 5.74) is 2.70. The first-order chi connectivity index (χ1) is 9.33. The maximum Gasteiger partial charge on any atom is 0.149 e. The van der Waals surface area contributed by atoms with Crippen LogP contribution in [-0.2, 0) is 0 Å². The molecule has 2 aromatic rings. The van der Waals surface area contributed by atoms with Crippen LogP contribution in [0.5, 0.6) is 0 Å². The lowest BCUT2D eigenvalue weighted by atomic mass is 10.00. The lowest BCUT2D eigenvalue weighted by molar-refractivity contribution is 0.812. The summed E-state index contributed by atoms with van der Waals surface area (Å²) in [6.07, 6.45) is 6.58. The molecule has 0 atom stereocenters. The largest absolute Gasteiger partial charge is 0.351 e. The van der Waals surface area contributed by atoms with Crippen LogP contribution in [0.3, 0.4) is 0 Å². The molecule has 3 nitrogen and oxygen atoms in total. The van der Waals surface area contributed by atoms with Crippen LogP contribution in [0, 0.1) is 0 Å². The Morgan fingerprint density at radius 2 is 1.95 bits per heavy atom. The summed E-state index contributed by atoms with van der Waals surface area (Å²) in [6.45, 7) is 1.79. The van der Waals surface area contributed by atoms with E-state index in [1.54, 1.807) is 12.4 Å². The molecule has 96 valence electrons. The highest BCUT2D eigenvalue weighted by Crippen LogP contribution is 2.24. The van der Waals surface area contributed by atoms with E-state index in [2.05, 4.69) is 45.2 Å². The van der Waals surface area contributed by atoms with Gasteiger partial charge < -0.3 is 4.90 Å². The van der Waals surface area contributed by atoms with Gasteiger partial charge in [0.15, 0.2) is 0 Å². The molecule has 0 radical (unpaired) electrons. The molecule has 1 aromatic carbocycles. The van der Waals surface area contributed by atoms with Crippen molar-refractivity contribution in [2.24, 2.45) is 0 Å². The monoisotopic (exact) mass is 271 g/mol. The first-order valence-corrected chi connectivity index (χ1v) is 6.68. The van der Waals surface area contributed by atoms with Crippen LogP contribution in [-0.4, -0.2) is 23.1 Å². The third-order valence-electron chi connectivity index (χ3n) is 3.27. The Morgan fingerprint density at radius 3 is 2.63 bits per heavy atom. The van der Waals surface area contributed by atoms with Crippen LogP contribution in [0.1, 0.15) is 12.0 Å². The maximum atomic E-state index is 5.87. The minimum absolute atomic E-state index is 0.440. The Hall–Kier alpha value is -1.87. The van der Waals surface area contributed by atoms with Crippen molar-refractivity contribution in [3.8, 4) is 0 Å². The van der Waals surface area contributed by atoms with Gasteiger partial charge in [-0.25, -0.2) is 4.98 Å². The van der Waals surface area contributed by atoms with Gasteiger partial charge in [0.05, 0.1) is 12.4 Å². The molecule has 0 fully saturated rings. The van der Waals surface area contributed by atoms with E-state index in [1.807, 2.05) is 6.07 Å². The van der Waals surface area contributed by atoms with Crippen LogP contribution >= 0.6 is 11.6 Å². The topological polar surface area (TPSA) is 29.0 Å². The van der Waals surface area contributed by atoms with Gasteiger partial charge in [0, 0.05) is 13.1 Å². The Balaban J connectivity index is 1.77. The number of anilines is 1. The molecule has 0 saturated carbocycles. The van der Waals surface area contributed by atoms with Gasteiger partial charge in [-0.2, -0.15) is 0 Å². The van der Waals surface area contributed by atoms with Crippen LogP contribution < -0.4 is 4.90 Å². The fourth-order valence-corrected chi connectivity index (χ4v) is 2.42. The van der Waals surface area contributed by atoms with E-state index in [1.165, 1.54) is 11.1 Å². The molecule has 0 unspecified atom stereocenters. The predicted molar refractivity (Wildman–Crippen MR) is 78.3 cm³/mol. The predicted octanol–water partition coefficient (Wildman–Crippen LogP) is 3.42. The highest BCUT2D eigenvalue weighted by atomic mass is 35.5. The molecule has 4 heteroatoms. The minimum atomic E-state index is 0.440. The summed E-state index contributed by atoms with van der Waals surface area (Å²) >= 11 is 5.87. The van der Waals surface area contributed by atoms with E-state index in [4.69, 9.17) is 11.6 Å². The van der Waals surface area contributed by atoms with Crippen molar-refractivity contribution in [3.05, 3.63) is 59.5 Å².